The number of aryl methyl sites for hydroxylation is 1. The molecule has 1 aromatic heterocycles. The van der Waals surface area contributed by atoms with Gasteiger partial charge in [-0.3, -0.25) is 4.90 Å². The zero-order valence-corrected chi connectivity index (χ0v) is 13.1. The van der Waals surface area contributed by atoms with Crippen LogP contribution in [0, 0.1) is 6.92 Å². The zero-order valence-electron chi connectivity index (χ0n) is 12.3. The number of sulfone groups is 1. The summed E-state index contributed by atoms with van der Waals surface area (Å²) in [6, 6.07) is 1.99. The first kappa shape index (κ1) is 15.2. The molecule has 0 amide bonds. The molecule has 1 aromatic rings. The lowest BCUT2D eigenvalue weighted by Gasteiger charge is -2.22. The first-order valence-electron chi connectivity index (χ1n) is 6.88. The fourth-order valence-electron chi connectivity index (χ4n) is 2.45. The van der Waals surface area contributed by atoms with Gasteiger partial charge in [0.15, 0.2) is 9.84 Å². The molecule has 6 nitrogen and oxygen atoms in total. The average molecular weight is 298 g/mol. The first-order chi connectivity index (χ1) is 9.39. The maximum Gasteiger partial charge on any atom is 0.151 e. The van der Waals surface area contributed by atoms with Gasteiger partial charge in [-0.05, 0) is 27.3 Å². The molecule has 1 aliphatic rings. The lowest BCUT2D eigenvalue weighted by Crippen LogP contribution is -2.32. The standard InChI is InChI=1S/C13H22N4O2S/c1-4-14-12-7-10(2)15-13(16-12)8-17(3)11-5-6-20(18,19)9-11/h7,11H,4-6,8-9H2,1-3H3,(H,14,15,16). The van der Waals surface area contributed by atoms with Crippen molar-refractivity contribution in [1.29, 1.82) is 0 Å². The van der Waals surface area contributed by atoms with Gasteiger partial charge in [0.1, 0.15) is 11.6 Å². The highest BCUT2D eigenvalue weighted by Gasteiger charge is 2.30. The molecule has 0 saturated carbocycles. The Balaban J connectivity index is 2.06. The van der Waals surface area contributed by atoms with E-state index in [-0.39, 0.29) is 11.8 Å². The van der Waals surface area contributed by atoms with Crippen LogP contribution in [0.1, 0.15) is 24.9 Å². The quantitative estimate of drug-likeness (QED) is 0.868. The first-order valence-corrected chi connectivity index (χ1v) is 8.71. The molecule has 0 aliphatic carbocycles. The van der Waals surface area contributed by atoms with Gasteiger partial charge in [0.2, 0.25) is 0 Å². The van der Waals surface area contributed by atoms with Crippen molar-refractivity contribution in [1.82, 2.24) is 14.9 Å². The second kappa shape index (κ2) is 6.05. The Hall–Kier alpha value is -1.21. The van der Waals surface area contributed by atoms with E-state index in [9.17, 15) is 8.42 Å². The van der Waals surface area contributed by atoms with Crippen molar-refractivity contribution in [3.8, 4) is 0 Å². The van der Waals surface area contributed by atoms with Crippen molar-refractivity contribution in [3.63, 3.8) is 0 Å². The Morgan fingerprint density at radius 3 is 2.80 bits per heavy atom. The number of hydrogen-bond acceptors (Lipinski definition) is 6. The van der Waals surface area contributed by atoms with Gasteiger partial charge in [-0.25, -0.2) is 18.4 Å². The van der Waals surface area contributed by atoms with Crippen molar-refractivity contribution >= 4 is 15.7 Å². The van der Waals surface area contributed by atoms with Crippen LogP contribution in [-0.2, 0) is 16.4 Å². The van der Waals surface area contributed by atoms with Crippen LogP contribution in [-0.4, -0.2) is 54.4 Å². The molecule has 1 aliphatic heterocycles. The van der Waals surface area contributed by atoms with E-state index in [1.807, 2.05) is 31.9 Å². The van der Waals surface area contributed by atoms with Gasteiger partial charge >= 0.3 is 0 Å². The molecule has 0 spiro atoms. The third-order valence-corrected chi connectivity index (χ3v) is 5.23. The Labute approximate surface area is 120 Å². The largest absolute Gasteiger partial charge is 0.370 e. The van der Waals surface area contributed by atoms with Gasteiger partial charge in [-0.2, -0.15) is 0 Å². The number of nitrogens with one attached hydrogen (secondary N) is 1. The second-order valence-electron chi connectivity index (χ2n) is 5.31. The Kier molecular flexibility index (Phi) is 4.59. The van der Waals surface area contributed by atoms with Crippen LogP contribution in [0.2, 0.25) is 0 Å². The van der Waals surface area contributed by atoms with Crippen molar-refractivity contribution < 1.29 is 8.42 Å². The molecule has 1 fully saturated rings. The number of rotatable bonds is 5. The van der Waals surface area contributed by atoms with E-state index in [4.69, 9.17) is 0 Å². The van der Waals surface area contributed by atoms with Crippen LogP contribution in [0.15, 0.2) is 6.07 Å². The van der Waals surface area contributed by atoms with Crippen LogP contribution in [0.5, 0.6) is 0 Å². The SMILES string of the molecule is CCNc1cc(C)nc(CN(C)C2CCS(=O)(=O)C2)n1. The normalized spacial score (nSPS) is 21.3. The van der Waals surface area contributed by atoms with Gasteiger partial charge in [0, 0.05) is 24.3 Å². The monoisotopic (exact) mass is 298 g/mol. The second-order valence-corrected chi connectivity index (χ2v) is 7.54. The summed E-state index contributed by atoms with van der Waals surface area (Å²) in [6.45, 7) is 5.34. The molecule has 0 radical (unpaired) electrons. The highest BCUT2D eigenvalue weighted by Crippen LogP contribution is 2.18. The summed E-state index contributed by atoms with van der Waals surface area (Å²) in [4.78, 5) is 10.9. The summed E-state index contributed by atoms with van der Waals surface area (Å²) in [5.41, 5.74) is 0.915. The minimum absolute atomic E-state index is 0.0756. The molecule has 112 valence electrons. The summed E-state index contributed by atoms with van der Waals surface area (Å²) < 4.78 is 23.0. The summed E-state index contributed by atoms with van der Waals surface area (Å²) >= 11 is 0. The van der Waals surface area contributed by atoms with Gasteiger partial charge in [-0.1, -0.05) is 0 Å². The van der Waals surface area contributed by atoms with E-state index < -0.39 is 9.84 Å². The van der Waals surface area contributed by atoms with Gasteiger partial charge in [-0.15, -0.1) is 0 Å². The van der Waals surface area contributed by atoms with Crippen LogP contribution in [0.4, 0.5) is 5.82 Å². The van der Waals surface area contributed by atoms with E-state index in [1.54, 1.807) is 0 Å². The number of anilines is 1. The third-order valence-electron chi connectivity index (χ3n) is 3.48. The molecule has 1 unspecified atom stereocenters. The molecule has 2 rings (SSSR count). The summed E-state index contributed by atoms with van der Waals surface area (Å²) in [7, 11) is -0.918. The fourth-order valence-corrected chi connectivity index (χ4v) is 4.25. The lowest BCUT2D eigenvalue weighted by atomic mass is 10.2. The highest BCUT2D eigenvalue weighted by atomic mass is 32.2. The van der Waals surface area contributed by atoms with Crippen molar-refractivity contribution in [2.24, 2.45) is 0 Å². The number of hydrogen-bond donors (Lipinski definition) is 1. The minimum atomic E-state index is -2.85. The molecule has 20 heavy (non-hydrogen) atoms. The predicted molar refractivity (Wildman–Crippen MR) is 79.5 cm³/mol. The van der Waals surface area contributed by atoms with E-state index in [1.165, 1.54) is 0 Å². The molecular formula is C13H22N4O2S. The van der Waals surface area contributed by atoms with Crippen LogP contribution >= 0.6 is 0 Å². The van der Waals surface area contributed by atoms with Crippen LogP contribution in [0.3, 0.4) is 0 Å². The highest BCUT2D eigenvalue weighted by molar-refractivity contribution is 7.91. The number of nitrogens with zero attached hydrogens (tertiary/aromatic N) is 3. The fraction of sp³-hybridized carbons (Fsp3) is 0.692. The molecule has 2 heterocycles. The van der Waals surface area contributed by atoms with Crippen molar-refractivity contribution in [2.45, 2.75) is 32.9 Å². The Morgan fingerprint density at radius 1 is 1.45 bits per heavy atom. The predicted octanol–water partition coefficient (Wildman–Crippen LogP) is 0.836. The van der Waals surface area contributed by atoms with E-state index in [0.717, 1.165) is 23.9 Å². The van der Waals surface area contributed by atoms with Crippen molar-refractivity contribution in [3.05, 3.63) is 17.6 Å². The number of aromatic nitrogens is 2. The maximum absolute atomic E-state index is 11.5. The lowest BCUT2D eigenvalue weighted by molar-refractivity contribution is 0.248. The van der Waals surface area contributed by atoms with E-state index in [2.05, 4.69) is 15.3 Å². The van der Waals surface area contributed by atoms with Gasteiger partial charge < -0.3 is 5.32 Å². The molecule has 0 aromatic carbocycles. The summed E-state index contributed by atoms with van der Waals surface area (Å²) in [5, 5.41) is 3.18. The molecule has 1 atom stereocenters. The molecular weight excluding hydrogens is 276 g/mol. The zero-order chi connectivity index (χ0) is 14.8. The maximum atomic E-state index is 11.5. The molecule has 1 N–H and O–H groups in total. The molecule has 7 heteroatoms. The topological polar surface area (TPSA) is 75.2 Å². The minimum Gasteiger partial charge on any atom is -0.370 e. The van der Waals surface area contributed by atoms with Gasteiger partial charge in [0.25, 0.3) is 0 Å². The Bertz CT molecular complexity index is 574. The molecule has 0 bridgehead atoms. The Morgan fingerprint density at radius 2 is 2.20 bits per heavy atom. The smallest absolute Gasteiger partial charge is 0.151 e. The van der Waals surface area contributed by atoms with E-state index in [0.29, 0.717) is 18.7 Å². The summed E-state index contributed by atoms with van der Waals surface area (Å²) in [6.07, 6.45) is 0.699. The summed E-state index contributed by atoms with van der Waals surface area (Å²) in [5.74, 6) is 2.09. The van der Waals surface area contributed by atoms with Crippen LogP contribution < -0.4 is 5.32 Å². The average Bonchev–Trinajstić information content (AvgIpc) is 2.69. The van der Waals surface area contributed by atoms with Crippen LogP contribution in [0.25, 0.3) is 0 Å². The van der Waals surface area contributed by atoms with Crippen molar-refractivity contribution in [2.75, 3.05) is 30.4 Å². The van der Waals surface area contributed by atoms with E-state index >= 15 is 0 Å². The third kappa shape index (κ3) is 3.89. The van der Waals surface area contributed by atoms with Gasteiger partial charge in [0.05, 0.1) is 18.1 Å². The molecule has 1 saturated heterocycles.